The number of carbonyl (C=O) groups excluding carboxylic acids is 1. The van der Waals surface area contributed by atoms with Crippen LogP contribution in [-0.4, -0.2) is 31.9 Å². The Morgan fingerprint density at radius 2 is 2.04 bits per heavy atom. The summed E-state index contributed by atoms with van der Waals surface area (Å²) in [5, 5.41) is 16.5. The van der Waals surface area contributed by atoms with Crippen LogP contribution in [0.25, 0.3) is 0 Å². The molecule has 28 heavy (non-hydrogen) atoms. The Labute approximate surface area is 161 Å². The molecule has 2 aromatic heterocycles. The fourth-order valence-electron chi connectivity index (χ4n) is 3.99. The molecular weight excluding hydrogens is 358 g/mol. The molecule has 4 rings (SSSR count). The van der Waals surface area contributed by atoms with Gasteiger partial charge in [0, 0.05) is 36.0 Å². The maximum absolute atomic E-state index is 13.1. The molecule has 1 aromatic carbocycles. The predicted octanol–water partition coefficient (Wildman–Crippen LogP) is 1.90. The molecule has 0 fully saturated rings. The second-order valence-corrected chi connectivity index (χ2v) is 7.34. The first kappa shape index (κ1) is 18.2. The smallest absolute Gasteiger partial charge is 0.313 e. The summed E-state index contributed by atoms with van der Waals surface area (Å²) in [6, 6.07) is 12.9. The molecule has 3 atom stereocenters. The van der Waals surface area contributed by atoms with Gasteiger partial charge in [0.15, 0.2) is 0 Å². The van der Waals surface area contributed by atoms with Crippen molar-refractivity contribution in [2.75, 3.05) is 0 Å². The van der Waals surface area contributed by atoms with Crippen LogP contribution >= 0.6 is 0 Å². The number of benzene rings is 1. The fraction of sp³-hybridized carbons (Fsp3) is 0.286. The van der Waals surface area contributed by atoms with Crippen molar-refractivity contribution < 1.29 is 14.6 Å². The lowest BCUT2D eigenvalue weighted by Gasteiger charge is -2.40. The number of ether oxygens (including phenoxy) is 1. The van der Waals surface area contributed by atoms with Crippen molar-refractivity contribution in [3.8, 4) is 0 Å². The van der Waals surface area contributed by atoms with E-state index in [1.54, 1.807) is 31.5 Å². The number of nitrogens with one attached hydrogen (secondary N) is 2. The summed E-state index contributed by atoms with van der Waals surface area (Å²) >= 11 is 0. The van der Waals surface area contributed by atoms with Crippen LogP contribution in [-0.2, 0) is 22.6 Å². The third-order valence-electron chi connectivity index (χ3n) is 5.27. The maximum Gasteiger partial charge on any atom is 0.313 e. The van der Waals surface area contributed by atoms with Crippen molar-refractivity contribution in [1.82, 2.24) is 15.2 Å². The molecule has 0 saturated carbocycles. The van der Waals surface area contributed by atoms with Crippen molar-refractivity contribution in [2.45, 2.75) is 31.5 Å². The van der Waals surface area contributed by atoms with Gasteiger partial charge >= 0.3 is 5.97 Å². The molecule has 0 saturated heterocycles. The van der Waals surface area contributed by atoms with Gasteiger partial charge in [-0.3, -0.25) is 19.7 Å². The Morgan fingerprint density at radius 1 is 1.25 bits per heavy atom. The highest BCUT2D eigenvalue weighted by Gasteiger charge is 2.51. The van der Waals surface area contributed by atoms with Crippen LogP contribution in [0.4, 0.5) is 0 Å². The van der Waals surface area contributed by atoms with E-state index in [9.17, 15) is 14.7 Å². The molecule has 0 bridgehead atoms. The van der Waals surface area contributed by atoms with E-state index >= 15 is 0 Å². The van der Waals surface area contributed by atoms with Gasteiger partial charge in [-0.05, 0) is 24.1 Å². The van der Waals surface area contributed by atoms with Crippen LogP contribution in [0.2, 0.25) is 0 Å². The number of fused-ring (bicyclic) bond motifs is 1. The minimum atomic E-state index is -1.40. The van der Waals surface area contributed by atoms with E-state index in [1.165, 1.54) is 0 Å². The number of rotatable bonds is 4. The number of pyridine rings is 1. The molecular formula is C21H21N3O4. The Balaban J connectivity index is 1.73. The first-order valence-electron chi connectivity index (χ1n) is 9.09. The average molecular weight is 379 g/mol. The first-order chi connectivity index (χ1) is 13.5. The van der Waals surface area contributed by atoms with Gasteiger partial charge in [0.1, 0.15) is 6.61 Å². The molecule has 0 aliphatic heterocycles. The molecule has 3 unspecified atom stereocenters. The largest absolute Gasteiger partial charge is 0.460 e. The number of carbonyl (C=O) groups is 1. The number of aliphatic hydroxyl groups is 1. The second-order valence-electron chi connectivity index (χ2n) is 7.34. The molecule has 7 heteroatoms. The zero-order valence-corrected chi connectivity index (χ0v) is 15.4. The number of aromatic nitrogens is 3. The van der Waals surface area contributed by atoms with E-state index in [0.717, 1.165) is 5.56 Å². The third-order valence-corrected chi connectivity index (χ3v) is 5.27. The van der Waals surface area contributed by atoms with E-state index in [2.05, 4.69) is 15.2 Å². The van der Waals surface area contributed by atoms with E-state index < -0.39 is 23.4 Å². The number of H-pyrrole nitrogens is 2. The van der Waals surface area contributed by atoms with Crippen LogP contribution in [0.15, 0.2) is 59.7 Å². The van der Waals surface area contributed by atoms with E-state index in [-0.39, 0.29) is 18.6 Å². The summed E-state index contributed by atoms with van der Waals surface area (Å²) in [5.74, 6) is -2.15. The van der Waals surface area contributed by atoms with Crippen molar-refractivity contribution >= 4 is 5.97 Å². The molecule has 7 nitrogen and oxygen atoms in total. The van der Waals surface area contributed by atoms with Crippen LogP contribution in [0.3, 0.4) is 0 Å². The summed E-state index contributed by atoms with van der Waals surface area (Å²) < 4.78 is 5.54. The van der Waals surface area contributed by atoms with Gasteiger partial charge in [0.25, 0.3) is 5.56 Å². The normalized spacial score (nSPS) is 23.8. The molecule has 0 radical (unpaired) electrons. The van der Waals surface area contributed by atoms with Crippen LogP contribution in [0.5, 0.6) is 0 Å². The second kappa shape index (κ2) is 7.09. The topological polar surface area (TPSA) is 108 Å². The fourth-order valence-corrected chi connectivity index (χ4v) is 3.99. The number of hydrogen-bond donors (Lipinski definition) is 3. The maximum atomic E-state index is 13.1. The zero-order chi connectivity index (χ0) is 19.7. The van der Waals surface area contributed by atoms with E-state index in [1.807, 2.05) is 30.3 Å². The lowest BCUT2D eigenvalue weighted by Crippen LogP contribution is -2.50. The summed E-state index contributed by atoms with van der Waals surface area (Å²) in [7, 11) is 0. The van der Waals surface area contributed by atoms with Crippen molar-refractivity contribution in [1.29, 1.82) is 0 Å². The molecule has 3 N–H and O–H groups in total. The molecule has 0 spiro atoms. The molecule has 1 aliphatic rings. The van der Waals surface area contributed by atoms with Crippen molar-refractivity contribution in [2.24, 2.45) is 5.92 Å². The molecule has 1 aliphatic carbocycles. The van der Waals surface area contributed by atoms with Gasteiger partial charge in [-0.2, -0.15) is 0 Å². The zero-order valence-electron chi connectivity index (χ0n) is 15.4. The molecule has 144 valence electrons. The summed E-state index contributed by atoms with van der Waals surface area (Å²) in [5.41, 5.74) is 0.865. The standard InChI is InChI=1S/C21H21N3O4/c1-21(27)10-15-17(19(25)24-23-15)16(14-8-5-9-22-11-14)18(21)20(26)28-12-13-6-3-2-4-7-13/h2-9,11,16,18,27H,10,12H2,1H3,(H2,23,24,25). The van der Waals surface area contributed by atoms with Gasteiger partial charge in [-0.25, -0.2) is 0 Å². The Kier molecular flexibility index (Phi) is 4.60. The highest BCUT2D eigenvalue weighted by atomic mass is 16.5. The SMILES string of the molecule is CC1(O)Cc2[nH][nH]c(=O)c2C(c2cccnc2)C1C(=O)OCc1ccccc1. The lowest BCUT2D eigenvalue weighted by atomic mass is 9.66. The Morgan fingerprint density at radius 3 is 2.75 bits per heavy atom. The quantitative estimate of drug-likeness (QED) is 0.600. The number of esters is 1. The number of aromatic amines is 2. The molecule has 2 heterocycles. The first-order valence-corrected chi connectivity index (χ1v) is 9.09. The third kappa shape index (κ3) is 3.25. The van der Waals surface area contributed by atoms with Crippen LogP contribution in [0, 0.1) is 5.92 Å². The number of hydrogen-bond acceptors (Lipinski definition) is 5. The van der Waals surface area contributed by atoms with Gasteiger partial charge in [0.05, 0.1) is 11.5 Å². The highest BCUT2D eigenvalue weighted by Crippen LogP contribution is 2.44. The van der Waals surface area contributed by atoms with Crippen molar-refractivity contribution in [3.05, 3.63) is 87.6 Å². The minimum Gasteiger partial charge on any atom is -0.460 e. The Bertz CT molecular complexity index is 1020. The van der Waals surface area contributed by atoms with Gasteiger partial charge in [0.2, 0.25) is 0 Å². The van der Waals surface area contributed by atoms with Gasteiger partial charge in [-0.1, -0.05) is 36.4 Å². The average Bonchev–Trinajstić information content (AvgIpc) is 3.05. The van der Waals surface area contributed by atoms with Crippen LogP contribution < -0.4 is 5.56 Å². The lowest BCUT2D eigenvalue weighted by molar-refractivity contribution is -0.161. The summed E-state index contributed by atoms with van der Waals surface area (Å²) in [6.45, 7) is 1.70. The predicted molar refractivity (Wildman–Crippen MR) is 102 cm³/mol. The summed E-state index contributed by atoms with van der Waals surface area (Å²) in [4.78, 5) is 29.7. The molecule has 0 amide bonds. The van der Waals surface area contributed by atoms with E-state index in [0.29, 0.717) is 16.8 Å². The van der Waals surface area contributed by atoms with E-state index in [4.69, 9.17) is 4.74 Å². The summed E-state index contributed by atoms with van der Waals surface area (Å²) in [6.07, 6.45) is 3.37. The molecule has 3 aromatic rings. The van der Waals surface area contributed by atoms with Gasteiger partial charge in [-0.15, -0.1) is 0 Å². The van der Waals surface area contributed by atoms with Crippen LogP contribution in [0.1, 0.15) is 35.2 Å². The number of nitrogens with zero attached hydrogens (tertiary/aromatic N) is 1. The minimum absolute atomic E-state index is 0.0996. The monoisotopic (exact) mass is 379 g/mol. The highest BCUT2D eigenvalue weighted by molar-refractivity contribution is 5.77. The Hall–Kier alpha value is -3.19. The van der Waals surface area contributed by atoms with Gasteiger partial charge < -0.3 is 14.9 Å². The van der Waals surface area contributed by atoms with Crippen molar-refractivity contribution in [3.63, 3.8) is 0 Å².